The van der Waals surface area contributed by atoms with Crippen LogP contribution in [0.3, 0.4) is 0 Å². The molecule has 2 unspecified atom stereocenters. The fourth-order valence-corrected chi connectivity index (χ4v) is 3.04. The first kappa shape index (κ1) is 16.6. The highest BCUT2D eigenvalue weighted by Gasteiger charge is 2.27. The number of hydrogen-bond acceptors (Lipinski definition) is 4. The van der Waals surface area contributed by atoms with Gasteiger partial charge in [0.15, 0.2) is 0 Å². The summed E-state index contributed by atoms with van der Waals surface area (Å²) in [5.74, 6) is 0.346. The molecule has 0 aliphatic carbocycles. The molecule has 1 aromatic rings. The lowest BCUT2D eigenvalue weighted by Crippen LogP contribution is -2.26. The third kappa shape index (κ3) is 4.33. The molecule has 2 N–H and O–H groups in total. The lowest BCUT2D eigenvalue weighted by molar-refractivity contribution is 0.136. The Morgan fingerprint density at radius 3 is 3.00 bits per heavy atom. The van der Waals surface area contributed by atoms with Gasteiger partial charge in [-0.2, -0.15) is 0 Å². The molecule has 0 saturated carbocycles. The monoisotopic (exact) mass is 312 g/mol. The van der Waals surface area contributed by atoms with Crippen molar-refractivity contribution >= 4 is 17.3 Å². The minimum atomic E-state index is -0.252. The van der Waals surface area contributed by atoms with Crippen molar-refractivity contribution < 1.29 is 9.84 Å². The fraction of sp³-hybridized carbons (Fsp3) is 0.625. The van der Waals surface area contributed by atoms with Crippen LogP contribution in [0.4, 0.5) is 5.69 Å². The molecule has 0 radical (unpaired) electrons. The largest absolute Gasteiger partial charge is 0.393 e. The van der Waals surface area contributed by atoms with Crippen LogP contribution in [-0.2, 0) is 11.3 Å². The minimum Gasteiger partial charge on any atom is -0.393 e. The Balaban J connectivity index is 2.07. The van der Waals surface area contributed by atoms with Gasteiger partial charge in [-0.25, -0.2) is 0 Å². The summed E-state index contributed by atoms with van der Waals surface area (Å²) in [6.45, 7) is 5.96. The van der Waals surface area contributed by atoms with E-state index in [4.69, 9.17) is 16.3 Å². The van der Waals surface area contributed by atoms with Crippen molar-refractivity contribution in [3.8, 4) is 0 Å². The van der Waals surface area contributed by atoms with Crippen LogP contribution in [0, 0.1) is 5.92 Å². The molecule has 1 aliphatic heterocycles. The van der Waals surface area contributed by atoms with Crippen molar-refractivity contribution in [2.75, 3.05) is 38.3 Å². The fourth-order valence-electron chi connectivity index (χ4n) is 2.81. The smallest absolute Gasteiger partial charge is 0.0587 e. The van der Waals surface area contributed by atoms with Gasteiger partial charge in [-0.15, -0.1) is 0 Å². The van der Waals surface area contributed by atoms with Gasteiger partial charge in [-0.3, -0.25) is 0 Å². The Morgan fingerprint density at radius 2 is 2.33 bits per heavy atom. The number of nitrogens with one attached hydrogen (secondary N) is 1. The molecular formula is C16H25ClN2O2. The highest BCUT2D eigenvalue weighted by molar-refractivity contribution is 6.31. The van der Waals surface area contributed by atoms with E-state index >= 15 is 0 Å². The lowest BCUT2D eigenvalue weighted by atomic mass is 10.0. The zero-order valence-electron chi connectivity index (χ0n) is 12.8. The van der Waals surface area contributed by atoms with Gasteiger partial charge in [0.1, 0.15) is 0 Å². The number of ether oxygens (including phenoxy) is 1. The summed E-state index contributed by atoms with van der Waals surface area (Å²) < 4.78 is 5.05. The van der Waals surface area contributed by atoms with Gasteiger partial charge in [0.05, 0.1) is 12.7 Å². The first-order chi connectivity index (χ1) is 10.1. The van der Waals surface area contributed by atoms with Gasteiger partial charge in [0, 0.05) is 55.5 Å². The van der Waals surface area contributed by atoms with E-state index in [1.807, 2.05) is 19.1 Å². The zero-order chi connectivity index (χ0) is 15.2. The maximum atomic E-state index is 9.76. The molecule has 0 amide bonds. The van der Waals surface area contributed by atoms with Crippen molar-refractivity contribution in [1.82, 2.24) is 5.32 Å². The van der Waals surface area contributed by atoms with Crippen molar-refractivity contribution in [2.24, 2.45) is 5.92 Å². The second-order valence-electron chi connectivity index (χ2n) is 5.64. The number of rotatable bonds is 7. The Hall–Kier alpha value is -0.810. The third-order valence-electron chi connectivity index (χ3n) is 4.13. The average Bonchev–Trinajstić information content (AvgIpc) is 2.94. The first-order valence-electron chi connectivity index (χ1n) is 7.53. The van der Waals surface area contributed by atoms with Crippen LogP contribution in [0.5, 0.6) is 0 Å². The van der Waals surface area contributed by atoms with E-state index in [-0.39, 0.29) is 6.10 Å². The molecular weight excluding hydrogens is 288 g/mol. The van der Waals surface area contributed by atoms with E-state index in [0.717, 1.165) is 43.2 Å². The number of methoxy groups -OCH3 is 1. The van der Waals surface area contributed by atoms with Crippen molar-refractivity contribution in [2.45, 2.75) is 26.0 Å². The lowest BCUT2D eigenvalue weighted by Gasteiger charge is -2.23. The van der Waals surface area contributed by atoms with Crippen LogP contribution in [0.2, 0.25) is 5.02 Å². The topological polar surface area (TPSA) is 44.7 Å². The first-order valence-corrected chi connectivity index (χ1v) is 7.91. The van der Waals surface area contributed by atoms with Crippen LogP contribution in [0.25, 0.3) is 0 Å². The molecule has 0 bridgehead atoms. The Kier molecular flexibility index (Phi) is 6.30. The number of nitrogens with zero attached hydrogens (tertiary/aromatic N) is 1. The quantitative estimate of drug-likeness (QED) is 0.758. The SMILES string of the molecule is COCCNCc1c(Cl)cccc1N1CCC(C(C)O)C1. The molecule has 2 rings (SSSR count). The van der Waals surface area contributed by atoms with Crippen LogP contribution in [-0.4, -0.2) is 44.6 Å². The van der Waals surface area contributed by atoms with E-state index in [9.17, 15) is 5.11 Å². The van der Waals surface area contributed by atoms with E-state index in [1.165, 1.54) is 5.69 Å². The second-order valence-corrected chi connectivity index (χ2v) is 6.05. The predicted octanol–water partition coefficient (Wildman–Crippen LogP) is 2.28. The van der Waals surface area contributed by atoms with Crippen molar-refractivity contribution in [3.05, 3.63) is 28.8 Å². The summed E-state index contributed by atoms with van der Waals surface area (Å²) in [5, 5.41) is 13.9. The molecule has 1 saturated heterocycles. The molecule has 1 aliphatic rings. The molecule has 4 nitrogen and oxygen atoms in total. The number of aliphatic hydroxyl groups is 1. The molecule has 1 aromatic carbocycles. The van der Waals surface area contributed by atoms with Gasteiger partial charge in [-0.1, -0.05) is 17.7 Å². The second kappa shape index (κ2) is 7.99. The summed E-state index contributed by atoms with van der Waals surface area (Å²) in [6.07, 6.45) is 0.776. The normalized spacial score (nSPS) is 20.0. The standard InChI is InChI=1S/C16H25ClN2O2/c1-12(20)13-6-8-19(11-13)16-5-3-4-15(17)14(16)10-18-7-9-21-2/h3-5,12-13,18,20H,6-11H2,1-2H3. The number of benzene rings is 1. The van der Waals surface area contributed by atoms with Crippen molar-refractivity contribution in [3.63, 3.8) is 0 Å². The van der Waals surface area contributed by atoms with Crippen molar-refractivity contribution in [1.29, 1.82) is 0 Å². The van der Waals surface area contributed by atoms with Crippen LogP contribution >= 0.6 is 11.6 Å². The maximum absolute atomic E-state index is 9.76. The molecule has 1 fully saturated rings. The van der Waals surface area contributed by atoms with E-state index in [0.29, 0.717) is 12.5 Å². The van der Waals surface area contributed by atoms with Crippen LogP contribution in [0.15, 0.2) is 18.2 Å². The highest BCUT2D eigenvalue weighted by atomic mass is 35.5. The number of hydrogen-bond donors (Lipinski definition) is 2. The molecule has 0 aromatic heterocycles. The number of halogens is 1. The predicted molar refractivity (Wildman–Crippen MR) is 87.0 cm³/mol. The minimum absolute atomic E-state index is 0.252. The molecule has 21 heavy (non-hydrogen) atoms. The van der Waals surface area contributed by atoms with Gasteiger partial charge in [-0.05, 0) is 25.5 Å². The van der Waals surface area contributed by atoms with Gasteiger partial charge < -0.3 is 20.1 Å². The zero-order valence-corrected chi connectivity index (χ0v) is 13.6. The summed E-state index contributed by atoms with van der Waals surface area (Å²) in [5.41, 5.74) is 2.30. The molecule has 2 atom stereocenters. The molecule has 118 valence electrons. The van der Waals surface area contributed by atoms with Gasteiger partial charge in [0.25, 0.3) is 0 Å². The summed E-state index contributed by atoms with van der Waals surface area (Å²) in [4.78, 5) is 2.33. The van der Waals surface area contributed by atoms with Crippen LogP contribution < -0.4 is 10.2 Å². The average molecular weight is 313 g/mol. The molecule has 0 spiro atoms. The van der Waals surface area contributed by atoms with E-state index in [1.54, 1.807) is 7.11 Å². The Labute approximate surface area is 132 Å². The summed E-state index contributed by atoms with van der Waals surface area (Å²) >= 11 is 6.37. The van der Waals surface area contributed by atoms with E-state index in [2.05, 4.69) is 16.3 Å². The van der Waals surface area contributed by atoms with Gasteiger partial charge in [0.2, 0.25) is 0 Å². The highest BCUT2D eigenvalue weighted by Crippen LogP contribution is 2.32. The Bertz CT molecular complexity index is 454. The maximum Gasteiger partial charge on any atom is 0.0587 e. The summed E-state index contributed by atoms with van der Waals surface area (Å²) in [7, 11) is 1.70. The van der Waals surface area contributed by atoms with Gasteiger partial charge >= 0.3 is 0 Å². The molecule has 1 heterocycles. The molecule has 5 heteroatoms. The number of anilines is 1. The Morgan fingerprint density at radius 1 is 1.52 bits per heavy atom. The third-order valence-corrected chi connectivity index (χ3v) is 4.48. The van der Waals surface area contributed by atoms with Crippen LogP contribution in [0.1, 0.15) is 18.9 Å². The van der Waals surface area contributed by atoms with E-state index < -0.39 is 0 Å². The number of aliphatic hydroxyl groups excluding tert-OH is 1. The summed E-state index contributed by atoms with van der Waals surface area (Å²) in [6, 6.07) is 6.04.